The number of benzene rings is 3. The molecule has 3 aromatic rings. The topological polar surface area (TPSA) is 96.0 Å². The SMILES string of the molecule is CC[C@@H](C(=O)NCC(C)C)N(Cc1cccc(OC)c1)C(=O)CN(c1ccc(F)cc1)S(=O)(=O)c1ccccc1. The van der Waals surface area contributed by atoms with Crippen molar-refractivity contribution in [3.8, 4) is 5.75 Å². The normalized spacial score (nSPS) is 12.1. The molecule has 0 heterocycles. The van der Waals surface area contributed by atoms with Crippen molar-refractivity contribution in [3.63, 3.8) is 0 Å². The predicted octanol–water partition coefficient (Wildman–Crippen LogP) is 4.61. The standard InChI is InChI=1S/C30H36FN3O5S/c1-5-28(30(36)32-19-22(2)3)33(20-23-10-9-11-26(18-23)39-4)29(35)21-34(25-16-14-24(31)15-17-25)40(37,38)27-12-7-6-8-13-27/h6-18,22,28H,5,19-21H2,1-4H3,(H,32,36)/t28-/m0/s1. The minimum absolute atomic E-state index is 0.0202. The van der Waals surface area contributed by atoms with Crippen LogP contribution in [0.5, 0.6) is 5.75 Å². The molecule has 0 aliphatic carbocycles. The van der Waals surface area contributed by atoms with Crippen LogP contribution in [0.2, 0.25) is 0 Å². The van der Waals surface area contributed by atoms with Crippen LogP contribution in [0.1, 0.15) is 32.8 Å². The number of ether oxygens (including phenoxy) is 1. The molecule has 0 aliphatic heterocycles. The fourth-order valence-electron chi connectivity index (χ4n) is 4.17. The Morgan fingerprint density at radius 2 is 1.65 bits per heavy atom. The summed E-state index contributed by atoms with van der Waals surface area (Å²) in [4.78, 5) is 28.6. The van der Waals surface area contributed by atoms with Crippen LogP contribution in [0.25, 0.3) is 0 Å². The Kier molecular flexibility index (Phi) is 10.7. The zero-order chi connectivity index (χ0) is 29.3. The lowest BCUT2D eigenvalue weighted by molar-refractivity contribution is -0.140. The average molecular weight is 570 g/mol. The van der Waals surface area contributed by atoms with Crippen molar-refractivity contribution in [1.82, 2.24) is 10.2 Å². The van der Waals surface area contributed by atoms with Crippen LogP contribution >= 0.6 is 0 Å². The number of carbonyl (C=O) groups excluding carboxylic acids is 2. The summed E-state index contributed by atoms with van der Waals surface area (Å²) in [6.45, 7) is 5.61. The zero-order valence-electron chi connectivity index (χ0n) is 23.2. The third-order valence-corrected chi connectivity index (χ3v) is 8.07. The Hall–Kier alpha value is -3.92. The van der Waals surface area contributed by atoms with E-state index in [4.69, 9.17) is 4.74 Å². The van der Waals surface area contributed by atoms with Crippen molar-refractivity contribution in [2.45, 2.75) is 44.7 Å². The largest absolute Gasteiger partial charge is 0.497 e. The molecule has 0 aromatic heterocycles. The summed E-state index contributed by atoms with van der Waals surface area (Å²) < 4.78 is 47.5. The van der Waals surface area contributed by atoms with Crippen LogP contribution in [-0.4, -0.2) is 51.4 Å². The first-order valence-electron chi connectivity index (χ1n) is 13.1. The Morgan fingerprint density at radius 3 is 2.25 bits per heavy atom. The maximum Gasteiger partial charge on any atom is 0.264 e. The van der Waals surface area contributed by atoms with Gasteiger partial charge in [-0.05, 0) is 66.4 Å². The van der Waals surface area contributed by atoms with Crippen molar-refractivity contribution in [3.05, 3.63) is 90.2 Å². The minimum atomic E-state index is -4.21. The van der Waals surface area contributed by atoms with Crippen LogP contribution < -0.4 is 14.4 Å². The Bertz CT molecular complexity index is 1380. The summed E-state index contributed by atoms with van der Waals surface area (Å²) in [5, 5.41) is 2.89. The highest BCUT2D eigenvalue weighted by Gasteiger charge is 2.33. The van der Waals surface area contributed by atoms with Gasteiger partial charge in [-0.1, -0.05) is 51.1 Å². The smallest absolute Gasteiger partial charge is 0.264 e. The minimum Gasteiger partial charge on any atom is -0.497 e. The van der Waals surface area contributed by atoms with Gasteiger partial charge in [-0.2, -0.15) is 0 Å². The number of nitrogens with one attached hydrogen (secondary N) is 1. The summed E-state index contributed by atoms with van der Waals surface area (Å²) in [5.74, 6) is -0.666. The lowest BCUT2D eigenvalue weighted by Gasteiger charge is -2.33. The van der Waals surface area contributed by atoms with Crippen molar-refractivity contribution in [2.24, 2.45) is 5.92 Å². The number of sulfonamides is 1. The first-order chi connectivity index (χ1) is 19.1. The average Bonchev–Trinajstić information content (AvgIpc) is 2.95. The van der Waals surface area contributed by atoms with Gasteiger partial charge in [-0.15, -0.1) is 0 Å². The van der Waals surface area contributed by atoms with Gasteiger partial charge < -0.3 is 15.0 Å². The van der Waals surface area contributed by atoms with Gasteiger partial charge >= 0.3 is 0 Å². The number of rotatable bonds is 13. The summed E-state index contributed by atoms with van der Waals surface area (Å²) in [6, 6.07) is 18.9. The molecule has 0 fully saturated rings. The first kappa shape index (κ1) is 30.6. The fraction of sp³-hybridized carbons (Fsp3) is 0.333. The molecule has 10 heteroatoms. The quantitative estimate of drug-likeness (QED) is 0.324. The van der Waals surface area contributed by atoms with Gasteiger partial charge in [0.15, 0.2) is 0 Å². The van der Waals surface area contributed by atoms with E-state index in [9.17, 15) is 22.4 Å². The number of carbonyl (C=O) groups is 2. The van der Waals surface area contributed by atoms with E-state index < -0.39 is 34.3 Å². The van der Waals surface area contributed by atoms with Crippen LogP contribution in [0.3, 0.4) is 0 Å². The molecule has 214 valence electrons. The number of amides is 2. The second kappa shape index (κ2) is 13.9. The molecule has 40 heavy (non-hydrogen) atoms. The highest BCUT2D eigenvalue weighted by atomic mass is 32.2. The monoisotopic (exact) mass is 569 g/mol. The molecular weight excluding hydrogens is 533 g/mol. The van der Waals surface area contributed by atoms with Crippen LogP contribution in [0.15, 0.2) is 83.8 Å². The number of hydrogen-bond acceptors (Lipinski definition) is 5. The number of anilines is 1. The molecule has 0 unspecified atom stereocenters. The molecule has 0 radical (unpaired) electrons. The van der Waals surface area contributed by atoms with Crippen LogP contribution in [0, 0.1) is 11.7 Å². The van der Waals surface area contributed by atoms with E-state index in [1.54, 1.807) is 49.4 Å². The molecule has 0 saturated carbocycles. The van der Waals surface area contributed by atoms with Crippen LogP contribution in [0.4, 0.5) is 10.1 Å². The second-order valence-electron chi connectivity index (χ2n) is 9.74. The van der Waals surface area contributed by atoms with E-state index in [2.05, 4.69) is 5.32 Å². The summed E-state index contributed by atoms with van der Waals surface area (Å²) >= 11 is 0. The van der Waals surface area contributed by atoms with Gasteiger partial charge in [0.1, 0.15) is 24.2 Å². The maximum atomic E-state index is 14.0. The molecule has 8 nitrogen and oxygen atoms in total. The second-order valence-corrected chi connectivity index (χ2v) is 11.6. The van der Waals surface area contributed by atoms with E-state index in [0.29, 0.717) is 24.3 Å². The molecule has 0 aliphatic rings. The van der Waals surface area contributed by atoms with E-state index >= 15 is 0 Å². The van der Waals surface area contributed by atoms with Crippen molar-refractivity contribution in [2.75, 3.05) is 24.5 Å². The molecule has 0 saturated heterocycles. The molecule has 0 spiro atoms. The highest BCUT2D eigenvalue weighted by Crippen LogP contribution is 2.25. The van der Waals surface area contributed by atoms with Gasteiger partial charge in [0, 0.05) is 13.1 Å². The third-order valence-electron chi connectivity index (χ3n) is 6.28. The number of halogens is 1. The van der Waals surface area contributed by atoms with Gasteiger partial charge in [0.25, 0.3) is 10.0 Å². The third kappa shape index (κ3) is 7.81. The van der Waals surface area contributed by atoms with E-state index in [1.807, 2.05) is 13.8 Å². The summed E-state index contributed by atoms with van der Waals surface area (Å²) in [5.41, 5.74) is 0.833. The molecule has 0 bridgehead atoms. The lowest BCUT2D eigenvalue weighted by Crippen LogP contribution is -2.52. The molecule has 1 atom stereocenters. The summed E-state index contributed by atoms with van der Waals surface area (Å²) in [7, 11) is -2.68. The molecule has 3 aromatic carbocycles. The number of hydrogen-bond donors (Lipinski definition) is 1. The fourth-order valence-corrected chi connectivity index (χ4v) is 5.60. The zero-order valence-corrected chi connectivity index (χ0v) is 24.0. The first-order valence-corrected chi connectivity index (χ1v) is 14.5. The maximum absolute atomic E-state index is 14.0. The van der Waals surface area contributed by atoms with E-state index in [1.165, 1.54) is 36.3 Å². The number of methoxy groups -OCH3 is 1. The lowest BCUT2D eigenvalue weighted by atomic mass is 10.1. The highest BCUT2D eigenvalue weighted by molar-refractivity contribution is 7.92. The van der Waals surface area contributed by atoms with Crippen molar-refractivity contribution < 1.29 is 27.1 Å². The van der Waals surface area contributed by atoms with E-state index in [0.717, 1.165) is 16.4 Å². The summed E-state index contributed by atoms with van der Waals surface area (Å²) in [6.07, 6.45) is 0.307. The number of nitrogens with zero attached hydrogens (tertiary/aromatic N) is 2. The Labute approximate surface area is 235 Å². The van der Waals surface area contributed by atoms with Gasteiger partial charge in [-0.3, -0.25) is 13.9 Å². The van der Waals surface area contributed by atoms with Gasteiger partial charge in [0.2, 0.25) is 11.8 Å². The molecule has 3 rings (SSSR count). The predicted molar refractivity (Wildman–Crippen MR) is 153 cm³/mol. The van der Waals surface area contributed by atoms with Gasteiger partial charge in [-0.25, -0.2) is 12.8 Å². The van der Waals surface area contributed by atoms with Crippen LogP contribution in [-0.2, 0) is 26.2 Å². The Balaban J connectivity index is 2.04. The van der Waals surface area contributed by atoms with Crippen molar-refractivity contribution in [1.29, 1.82) is 0 Å². The van der Waals surface area contributed by atoms with E-state index in [-0.39, 0.29) is 29.0 Å². The molecule has 2 amide bonds. The van der Waals surface area contributed by atoms with Crippen molar-refractivity contribution >= 4 is 27.5 Å². The molecular formula is C30H36FN3O5S. The Morgan fingerprint density at radius 1 is 0.975 bits per heavy atom. The molecule has 1 N–H and O–H groups in total. The van der Waals surface area contributed by atoms with Gasteiger partial charge in [0.05, 0.1) is 17.7 Å².